The quantitative estimate of drug-likeness (QED) is 0.753. The number of fused-ring (bicyclic) bond motifs is 1. The van der Waals surface area contributed by atoms with Gasteiger partial charge < -0.3 is 9.64 Å². The van der Waals surface area contributed by atoms with Crippen LogP contribution >= 0.6 is 11.8 Å². The molecule has 140 valence electrons. The molecule has 0 radical (unpaired) electrons. The largest absolute Gasteiger partial charge is 0.459 e. The van der Waals surface area contributed by atoms with Crippen molar-refractivity contribution in [2.45, 2.75) is 44.2 Å². The zero-order valence-corrected chi connectivity index (χ0v) is 16.4. The Kier molecular flexibility index (Phi) is 4.72. The Morgan fingerprint density at radius 2 is 2.00 bits per heavy atom. The van der Waals surface area contributed by atoms with Gasteiger partial charge in [-0.3, -0.25) is 4.79 Å². The van der Waals surface area contributed by atoms with Crippen LogP contribution in [0.4, 0.5) is 0 Å². The zero-order valence-electron chi connectivity index (χ0n) is 15.6. The minimum Gasteiger partial charge on any atom is -0.459 e. The van der Waals surface area contributed by atoms with Crippen LogP contribution in [0.25, 0.3) is 0 Å². The molecule has 1 amide bonds. The van der Waals surface area contributed by atoms with Gasteiger partial charge in [0.2, 0.25) is 5.91 Å². The van der Waals surface area contributed by atoms with Crippen LogP contribution in [0.1, 0.15) is 35.1 Å². The normalized spacial score (nSPS) is 24.1. The van der Waals surface area contributed by atoms with E-state index in [2.05, 4.69) is 0 Å². The Bertz CT molecular complexity index is 882. The van der Waals surface area contributed by atoms with Gasteiger partial charge in [0.25, 0.3) is 0 Å². The number of hydrogen-bond acceptors (Lipinski definition) is 4. The van der Waals surface area contributed by atoms with Crippen LogP contribution in [0.2, 0.25) is 0 Å². The van der Waals surface area contributed by atoms with E-state index < -0.39 is 10.9 Å². The van der Waals surface area contributed by atoms with Crippen molar-refractivity contribution in [3.8, 4) is 0 Å². The first-order valence-corrected chi connectivity index (χ1v) is 10.2. The number of nitrogens with zero attached hydrogens (tertiary/aromatic N) is 1. The fourth-order valence-electron chi connectivity index (χ4n) is 4.02. The van der Waals surface area contributed by atoms with Gasteiger partial charge in [0.05, 0.1) is 0 Å². The average Bonchev–Trinajstić information content (AvgIpc) is 3.22. The SMILES string of the molecule is Cc1ccc(C)c(COC(=O)[C@H]2CS[C@@]3(c4ccccc4)CCC(=O)N23)c1. The second-order valence-electron chi connectivity index (χ2n) is 7.28. The van der Waals surface area contributed by atoms with Crippen molar-refractivity contribution in [1.29, 1.82) is 0 Å². The molecule has 2 aromatic rings. The molecule has 5 heteroatoms. The number of esters is 1. The van der Waals surface area contributed by atoms with E-state index in [4.69, 9.17) is 4.74 Å². The van der Waals surface area contributed by atoms with Gasteiger partial charge in [0.15, 0.2) is 0 Å². The Morgan fingerprint density at radius 3 is 2.78 bits per heavy atom. The lowest BCUT2D eigenvalue weighted by atomic mass is 10.0. The van der Waals surface area contributed by atoms with Gasteiger partial charge in [-0.25, -0.2) is 4.79 Å². The maximum absolute atomic E-state index is 12.8. The molecule has 4 nitrogen and oxygen atoms in total. The molecule has 2 saturated heterocycles. The molecule has 0 spiro atoms. The van der Waals surface area contributed by atoms with Gasteiger partial charge in [-0.2, -0.15) is 0 Å². The molecule has 0 aliphatic carbocycles. The minimum absolute atomic E-state index is 0.0394. The van der Waals surface area contributed by atoms with Crippen molar-refractivity contribution in [2.75, 3.05) is 5.75 Å². The highest BCUT2D eigenvalue weighted by atomic mass is 32.2. The summed E-state index contributed by atoms with van der Waals surface area (Å²) in [5.74, 6) is 0.306. The van der Waals surface area contributed by atoms with Crippen molar-refractivity contribution < 1.29 is 14.3 Å². The summed E-state index contributed by atoms with van der Waals surface area (Å²) in [4.78, 5) is 26.8. The molecule has 0 aromatic heterocycles. The first-order valence-electron chi connectivity index (χ1n) is 9.26. The second kappa shape index (κ2) is 7.04. The van der Waals surface area contributed by atoms with Crippen LogP contribution in [0.5, 0.6) is 0 Å². The summed E-state index contributed by atoms with van der Waals surface area (Å²) in [6.07, 6.45) is 1.21. The van der Waals surface area contributed by atoms with Crippen LogP contribution in [0.3, 0.4) is 0 Å². The monoisotopic (exact) mass is 381 g/mol. The highest BCUT2D eigenvalue weighted by Gasteiger charge is 2.57. The Balaban J connectivity index is 1.53. The van der Waals surface area contributed by atoms with Gasteiger partial charge >= 0.3 is 5.97 Å². The van der Waals surface area contributed by atoms with Gasteiger partial charge in [-0.05, 0) is 37.0 Å². The fraction of sp³-hybridized carbons (Fsp3) is 0.364. The molecule has 0 saturated carbocycles. The maximum atomic E-state index is 12.8. The summed E-state index contributed by atoms with van der Waals surface area (Å²) in [7, 11) is 0. The second-order valence-corrected chi connectivity index (χ2v) is 8.58. The van der Waals surface area contributed by atoms with E-state index in [0.717, 1.165) is 28.7 Å². The zero-order chi connectivity index (χ0) is 19.0. The average molecular weight is 381 g/mol. The minimum atomic E-state index is -0.518. The molecule has 0 unspecified atom stereocenters. The third kappa shape index (κ3) is 3.14. The van der Waals surface area contributed by atoms with Crippen molar-refractivity contribution in [3.63, 3.8) is 0 Å². The summed E-state index contributed by atoms with van der Waals surface area (Å²) < 4.78 is 5.64. The summed E-state index contributed by atoms with van der Waals surface area (Å²) in [6, 6.07) is 15.6. The molecule has 2 fully saturated rings. The summed E-state index contributed by atoms with van der Waals surface area (Å²) in [5.41, 5.74) is 4.34. The third-order valence-electron chi connectivity index (χ3n) is 5.50. The third-order valence-corrected chi connectivity index (χ3v) is 7.10. The molecule has 0 bridgehead atoms. The molecule has 2 aromatic carbocycles. The van der Waals surface area contributed by atoms with E-state index in [-0.39, 0.29) is 18.5 Å². The number of thioether (sulfide) groups is 1. The van der Waals surface area contributed by atoms with Crippen molar-refractivity contribution in [1.82, 2.24) is 4.90 Å². The number of benzene rings is 2. The maximum Gasteiger partial charge on any atom is 0.330 e. The first kappa shape index (κ1) is 18.1. The van der Waals surface area contributed by atoms with Crippen LogP contribution < -0.4 is 0 Å². The topological polar surface area (TPSA) is 46.6 Å². The lowest BCUT2D eigenvalue weighted by Gasteiger charge is -2.33. The lowest BCUT2D eigenvalue weighted by molar-refractivity contribution is -0.155. The van der Waals surface area contributed by atoms with Crippen LogP contribution in [-0.4, -0.2) is 28.6 Å². The number of hydrogen-bond donors (Lipinski definition) is 0. The number of carbonyl (C=O) groups is 2. The van der Waals surface area contributed by atoms with Crippen molar-refractivity contribution in [3.05, 3.63) is 70.8 Å². The molecule has 2 aliphatic heterocycles. The van der Waals surface area contributed by atoms with E-state index >= 15 is 0 Å². The summed E-state index contributed by atoms with van der Waals surface area (Å²) >= 11 is 1.69. The first-order chi connectivity index (χ1) is 13.0. The Labute approximate surface area is 163 Å². The highest BCUT2D eigenvalue weighted by Crippen LogP contribution is 2.54. The Morgan fingerprint density at radius 1 is 1.22 bits per heavy atom. The molecule has 4 rings (SSSR count). The molecule has 2 atom stereocenters. The number of ether oxygens (including phenoxy) is 1. The number of rotatable bonds is 4. The number of amides is 1. The van der Waals surface area contributed by atoms with E-state index in [1.165, 1.54) is 0 Å². The van der Waals surface area contributed by atoms with Gasteiger partial charge in [0.1, 0.15) is 17.5 Å². The molecule has 2 aliphatic rings. The standard InChI is InChI=1S/C22H23NO3S/c1-15-8-9-16(2)17(12-15)13-26-21(25)19-14-27-22(11-10-20(24)23(19)22)18-6-4-3-5-7-18/h3-9,12,19H,10-11,13-14H2,1-2H3/t19-,22-/m1/s1. The van der Waals surface area contributed by atoms with Crippen molar-refractivity contribution >= 4 is 23.6 Å². The highest BCUT2D eigenvalue weighted by molar-refractivity contribution is 8.00. The number of carbonyl (C=O) groups excluding carboxylic acids is 2. The van der Waals surface area contributed by atoms with Gasteiger partial charge in [-0.1, -0.05) is 54.1 Å². The number of aryl methyl sites for hydroxylation is 2. The summed E-state index contributed by atoms with van der Waals surface area (Å²) in [5, 5.41) is 0. The van der Waals surface area contributed by atoms with Crippen molar-refractivity contribution in [2.24, 2.45) is 0 Å². The smallest absolute Gasteiger partial charge is 0.330 e. The molecule has 2 heterocycles. The predicted molar refractivity (Wildman–Crippen MR) is 106 cm³/mol. The van der Waals surface area contributed by atoms with E-state index in [9.17, 15) is 9.59 Å². The van der Waals surface area contributed by atoms with Gasteiger partial charge in [-0.15, -0.1) is 11.8 Å². The molecular formula is C22H23NO3S. The predicted octanol–water partition coefficient (Wildman–Crippen LogP) is 3.94. The van der Waals surface area contributed by atoms with Crippen LogP contribution in [0, 0.1) is 13.8 Å². The van der Waals surface area contributed by atoms with E-state index in [1.807, 2.05) is 62.4 Å². The summed E-state index contributed by atoms with van der Waals surface area (Å²) in [6.45, 7) is 4.28. The van der Waals surface area contributed by atoms with Gasteiger partial charge in [0, 0.05) is 12.2 Å². The van der Waals surface area contributed by atoms with Crippen LogP contribution in [0.15, 0.2) is 48.5 Å². The fourth-order valence-corrected chi connectivity index (χ4v) is 5.65. The van der Waals surface area contributed by atoms with E-state index in [1.54, 1.807) is 16.7 Å². The molecular weight excluding hydrogens is 358 g/mol. The molecule has 27 heavy (non-hydrogen) atoms. The lowest BCUT2D eigenvalue weighted by Crippen LogP contribution is -2.46. The van der Waals surface area contributed by atoms with E-state index in [0.29, 0.717) is 12.2 Å². The van der Waals surface area contributed by atoms with Crippen LogP contribution in [-0.2, 0) is 25.8 Å². The Hall–Kier alpha value is -2.27. The molecule has 0 N–H and O–H groups in total.